The van der Waals surface area contributed by atoms with E-state index in [1.807, 2.05) is 25.3 Å². The number of aromatic nitrogens is 2. The minimum Gasteiger partial charge on any atom is -0.375 e. The van der Waals surface area contributed by atoms with Gasteiger partial charge in [-0.15, -0.1) is 0 Å². The summed E-state index contributed by atoms with van der Waals surface area (Å²) in [6.07, 6.45) is 1.96. The number of nitrogens with zero attached hydrogens (tertiary/aromatic N) is 4. The summed E-state index contributed by atoms with van der Waals surface area (Å²) in [5.41, 5.74) is 1.24. The number of benzene rings is 1. The third-order valence-corrected chi connectivity index (χ3v) is 4.34. The number of ether oxygens (including phenoxy) is 1. The molecule has 5 nitrogen and oxygen atoms in total. The lowest BCUT2D eigenvalue weighted by Crippen LogP contribution is -2.48. The minimum atomic E-state index is 0.129. The van der Waals surface area contributed by atoms with Crippen molar-refractivity contribution in [3.63, 3.8) is 0 Å². The summed E-state index contributed by atoms with van der Waals surface area (Å²) in [7, 11) is 1.79. The molecule has 0 bridgehead atoms. The highest BCUT2D eigenvalue weighted by Crippen LogP contribution is 2.19. The molecular weight excluding hydrogens is 288 g/mol. The Labute approximate surface area is 137 Å². The fourth-order valence-electron chi connectivity index (χ4n) is 3.00. The molecule has 1 aromatic heterocycles. The van der Waals surface area contributed by atoms with E-state index in [0.717, 1.165) is 44.4 Å². The molecule has 0 aliphatic carbocycles. The van der Waals surface area contributed by atoms with E-state index in [2.05, 4.69) is 44.0 Å². The van der Waals surface area contributed by atoms with Crippen LogP contribution < -0.4 is 4.90 Å². The van der Waals surface area contributed by atoms with Crippen molar-refractivity contribution in [2.45, 2.75) is 13.0 Å². The SMILES string of the molecule is COC(CN1CCN(c2ccnc(C)n2)CC1)c1ccccc1. The van der Waals surface area contributed by atoms with Gasteiger partial charge in [-0.25, -0.2) is 9.97 Å². The summed E-state index contributed by atoms with van der Waals surface area (Å²) in [5.74, 6) is 1.86. The van der Waals surface area contributed by atoms with Crippen molar-refractivity contribution >= 4 is 5.82 Å². The van der Waals surface area contributed by atoms with E-state index in [0.29, 0.717) is 0 Å². The number of rotatable bonds is 5. The van der Waals surface area contributed by atoms with Crippen molar-refractivity contribution < 1.29 is 4.74 Å². The third kappa shape index (κ3) is 4.06. The van der Waals surface area contributed by atoms with Gasteiger partial charge in [-0.05, 0) is 18.6 Å². The largest absolute Gasteiger partial charge is 0.375 e. The van der Waals surface area contributed by atoms with Crippen LogP contribution in [0.15, 0.2) is 42.6 Å². The van der Waals surface area contributed by atoms with Crippen LogP contribution in [0.5, 0.6) is 0 Å². The lowest BCUT2D eigenvalue weighted by molar-refractivity contribution is 0.0615. The lowest BCUT2D eigenvalue weighted by Gasteiger charge is -2.36. The Bertz CT molecular complexity index is 611. The second-order valence-corrected chi connectivity index (χ2v) is 5.88. The molecule has 3 rings (SSSR count). The van der Waals surface area contributed by atoms with Gasteiger partial charge in [-0.3, -0.25) is 4.90 Å². The van der Waals surface area contributed by atoms with E-state index in [1.165, 1.54) is 5.56 Å². The molecule has 2 heterocycles. The summed E-state index contributed by atoms with van der Waals surface area (Å²) >= 11 is 0. The summed E-state index contributed by atoms with van der Waals surface area (Å²) in [4.78, 5) is 13.5. The molecule has 5 heteroatoms. The van der Waals surface area contributed by atoms with E-state index in [1.54, 1.807) is 7.11 Å². The molecule has 1 aliphatic heterocycles. The highest BCUT2D eigenvalue weighted by molar-refractivity contribution is 5.38. The van der Waals surface area contributed by atoms with Gasteiger partial charge in [-0.2, -0.15) is 0 Å². The second kappa shape index (κ2) is 7.53. The first-order valence-electron chi connectivity index (χ1n) is 8.11. The van der Waals surface area contributed by atoms with Gasteiger partial charge in [0.15, 0.2) is 0 Å². The normalized spacial score (nSPS) is 17.2. The molecule has 1 fully saturated rings. The van der Waals surface area contributed by atoms with Crippen LogP contribution in [-0.2, 0) is 4.74 Å². The summed E-state index contributed by atoms with van der Waals surface area (Å²) in [5, 5.41) is 0. The maximum Gasteiger partial charge on any atom is 0.132 e. The Balaban J connectivity index is 1.56. The van der Waals surface area contributed by atoms with Gasteiger partial charge < -0.3 is 9.64 Å². The average Bonchev–Trinajstić information content (AvgIpc) is 2.61. The van der Waals surface area contributed by atoms with Crippen molar-refractivity contribution in [2.75, 3.05) is 44.7 Å². The lowest BCUT2D eigenvalue weighted by atomic mass is 10.1. The van der Waals surface area contributed by atoms with Crippen LogP contribution in [0.4, 0.5) is 5.82 Å². The predicted octanol–water partition coefficient (Wildman–Crippen LogP) is 2.29. The van der Waals surface area contributed by atoms with Crippen LogP contribution >= 0.6 is 0 Å². The minimum absolute atomic E-state index is 0.129. The first kappa shape index (κ1) is 15.9. The summed E-state index contributed by atoms with van der Waals surface area (Å²) < 4.78 is 5.69. The number of methoxy groups -OCH3 is 1. The van der Waals surface area contributed by atoms with Gasteiger partial charge in [0.25, 0.3) is 0 Å². The molecule has 0 saturated carbocycles. The van der Waals surface area contributed by atoms with E-state index in [9.17, 15) is 0 Å². The zero-order valence-electron chi connectivity index (χ0n) is 13.9. The van der Waals surface area contributed by atoms with Crippen LogP contribution in [-0.4, -0.2) is 54.7 Å². The predicted molar refractivity (Wildman–Crippen MR) is 91.6 cm³/mol. The van der Waals surface area contributed by atoms with Crippen molar-refractivity contribution in [3.8, 4) is 0 Å². The van der Waals surface area contributed by atoms with Gasteiger partial charge in [0.1, 0.15) is 11.6 Å². The fourth-order valence-corrected chi connectivity index (χ4v) is 3.00. The Morgan fingerprint density at radius 1 is 1.09 bits per heavy atom. The molecule has 122 valence electrons. The average molecular weight is 312 g/mol. The molecule has 1 atom stereocenters. The molecule has 1 aliphatic rings. The molecule has 0 radical (unpaired) electrons. The molecule has 1 unspecified atom stereocenters. The van der Waals surface area contributed by atoms with Gasteiger partial charge in [-0.1, -0.05) is 30.3 Å². The van der Waals surface area contributed by atoms with Gasteiger partial charge >= 0.3 is 0 Å². The fraction of sp³-hybridized carbons (Fsp3) is 0.444. The topological polar surface area (TPSA) is 41.5 Å². The third-order valence-electron chi connectivity index (χ3n) is 4.34. The van der Waals surface area contributed by atoms with Crippen LogP contribution in [0.1, 0.15) is 17.5 Å². The monoisotopic (exact) mass is 312 g/mol. The van der Waals surface area contributed by atoms with E-state index < -0.39 is 0 Å². The van der Waals surface area contributed by atoms with Crippen molar-refractivity contribution in [1.29, 1.82) is 0 Å². The summed E-state index contributed by atoms with van der Waals surface area (Å²) in [6.45, 7) is 6.88. The highest BCUT2D eigenvalue weighted by Gasteiger charge is 2.21. The molecular formula is C18H24N4O. The van der Waals surface area contributed by atoms with Crippen LogP contribution in [0.3, 0.4) is 0 Å². The van der Waals surface area contributed by atoms with E-state index >= 15 is 0 Å². The van der Waals surface area contributed by atoms with Crippen LogP contribution in [0, 0.1) is 6.92 Å². The van der Waals surface area contributed by atoms with Crippen LogP contribution in [0.25, 0.3) is 0 Å². The number of anilines is 1. The Morgan fingerprint density at radius 2 is 1.83 bits per heavy atom. The number of hydrogen-bond donors (Lipinski definition) is 0. The van der Waals surface area contributed by atoms with Gasteiger partial charge in [0, 0.05) is 46.0 Å². The van der Waals surface area contributed by atoms with Gasteiger partial charge in [0.05, 0.1) is 6.10 Å². The first-order chi connectivity index (χ1) is 11.3. The highest BCUT2D eigenvalue weighted by atomic mass is 16.5. The zero-order valence-corrected chi connectivity index (χ0v) is 13.9. The first-order valence-corrected chi connectivity index (χ1v) is 8.11. The quantitative estimate of drug-likeness (QED) is 0.847. The van der Waals surface area contributed by atoms with E-state index in [4.69, 9.17) is 4.74 Å². The van der Waals surface area contributed by atoms with Crippen molar-refractivity contribution in [1.82, 2.24) is 14.9 Å². The van der Waals surface area contributed by atoms with Crippen molar-refractivity contribution in [2.24, 2.45) is 0 Å². The maximum atomic E-state index is 5.69. The molecule has 1 saturated heterocycles. The second-order valence-electron chi connectivity index (χ2n) is 5.88. The Morgan fingerprint density at radius 3 is 2.48 bits per heavy atom. The van der Waals surface area contributed by atoms with Crippen LogP contribution in [0.2, 0.25) is 0 Å². The molecule has 0 spiro atoms. The number of aryl methyl sites for hydroxylation is 1. The van der Waals surface area contributed by atoms with Crippen molar-refractivity contribution in [3.05, 3.63) is 54.0 Å². The smallest absolute Gasteiger partial charge is 0.132 e. The van der Waals surface area contributed by atoms with Gasteiger partial charge in [0.2, 0.25) is 0 Å². The molecule has 0 N–H and O–H groups in total. The molecule has 0 amide bonds. The molecule has 23 heavy (non-hydrogen) atoms. The Kier molecular flexibility index (Phi) is 5.20. The maximum absolute atomic E-state index is 5.69. The number of piperazine rings is 1. The molecule has 2 aromatic rings. The zero-order chi connectivity index (χ0) is 16.1. The number of hydrogen-bond acceptors (Lipinski definition) is 5. The molecule has 1 aromatic carbocycles. The van der Waals surface area contributed by atoms with E-state index in [-0.39, 0.29) is 6.10 Å². The standard InChI is InChI=1S/C18H24N4O/c1-15-19-9-8-18(20-15)22-12-10-21(11-13-22)14-17(23-2)16-6-4-3-5-7-16/h3-9,17H,10-14H2,1-2H3. The Hall–Kier alpha value is -1.98. The summed E-state index contributed by atoms with van der Waals surface area (Å²) in [6, 6.07) is 12.4.